The minimum atomic E-state index is -0.934. The molecule has 0 spiro atoms. The number of ether oxygens (including phenoxy) is 2. The second-order valence-corrected chi connectivity index (χ2v) is 4.85. The van der Waals surface area contributed by atoms with Gasteiger partial charge >= 0.3 is 5.97 Å². The van der Waals surface area contributed by atoms with Gasteiger partial charge in [-0.05, 0) is 18.2 Å². The molecule has 130 valence electrons. The van der Waals surface area contributed by atoms with Crippen LogP contribution in [0.4, 0.5) is 17.1 Å². The van der Waals surface area contributed by atoms with Crippen LogP contribution in [0.3, 0.4) is 0 Å². The Bertz CT molecular complexity index is 821. The van der Waals surface area contributed by atoms with Gasteiger partial charge in [-0.3, -0.25) is 14.9 Å². The SMILES string of the molecule is COc1ccccc1NC(=O)COC(=O)c1cc([N+](=O)[O-])ccc1N. The lowest BCUT2D eigenvalue weighted by molar-refractivity contribution is -0.384. The zero-order valence-electron chi connectivity index (χ0n) is 13.2. The number of amides is 1. The van der Waals surface area contributed by atoms with E-state index in [0.717, 1.165) is 6.07 Å². The molecule has 2 rings (SSSR count). The molecule has 3 N–H and O–H groups in total. The zero-order valence-corrected chi connectivity index (χ0v) is 13.2. The Labute approximate surface area is 142 Å². The highest BCUT2D eigenvalue weighted by atomic mass is 16.6. The number of nitro groups is 1. The summed E-state index contributed by atoms with van der Waals surface area (Å²) in [6, 6.07) is 10.1. The van der Waals surface area contributed by atoms with Gasteiger partial charge in [0.15, 0.2) is 6.61 Å². The van der Waals surface area contributed by atoms with E-state index in [1.807, 2.05) is 0 Å². The van der Waals surface area contributed by atoms with Crippen LogP contribution in [-0.4, -0.2) is 30.5 Å². The molecule has 0 aliphatic carbocycles. The first kappa shape index (κ1) is 17.7. The van der Waals surface area contributed by atoms with Crippen molar-refractivity contribution in [2.24, 2.45) is 0 Å². The number of esters is 1. The second kappa shape index (κ2) is 7.77. The fraction of sp³-hybridized carbons (Fsp3) is 0.125. The maximum Gasteiger partial charge on any atom is 0.341 e. The molecule has 0 aliphatic heterocycles. The molecule has 0 saturated heterocycles. The molecule has 0 radical (unpaired) electrons. The van der Waals surface area contributed by atoms with E-state index >= 15 is 0 Å². The number of benzene rings is 2. The molecule has 0 fully saturated rings. The maximum atomic E-state index is 12.0. The van der Waals surface area contributed by atoms with Crippen LogP contribution in [-0.2, 0) is 9.53 Å². The van der Waals surface area contributed by atoms with Crippen LogP contribution in [0.5, 0.6) is 5.75 Å². The van der Waals surface area contributed by atoms with Crippen LogP contribution in [0.1, 0.15) is 10.4 Å². The highest BCUT2D eigenvalue weighted by Crippen LogP contribution is 2.23. The lowest BCUT2D eigenvalue weighted by Crippen LogP contribution is -2.21. The molecule has 0 aliphatic rings. The van der Waals surface area contributed by atoms with E-state index in [0.29, 0.717) is 11.4 Å². The smallest absolute Gasteiger partial charge is 0.341 e. The molecule has 9 nitrogen and oxygen atoms in total. The molecule has 1 amide bonds. The lowest BCUT2D eigenvalue weighted by atomic mass is 10.1. The summed E-state index contributed by atoms with van der Waals surface area (Å²) < 4.78 is 9.95. The number of methoxy groups -OCH3 is 1. The summed E-state index contributed by atoms with van der Waals surface area (Å²) in [4.78, 5) is 34.0. The average Bonchev–Trinajstić information content (AvgIpc) is 2.60. The summed E-state index contributed by atoms with van der Waals surface area (Å²) >= 11 is 0. The van der Waals surface area contributed by atoms with E-state index in [9.17, 15) is 19.7 Å². The van der Waals surface area contributed by atoms with Crippen LogP contribution in [0.2, 0.25) is 0 Å². The number of non-ortho nitro benzene ring substituents is 1. The van der Waals surface area contributed by atoms with Crippen molar-refractivity contribution in [3.63, 3.8) is 0 Å². The minimum Gasteiger partial charge on any atom is -0.495 e. The Kier molecular flexibility index (Phi) is 5.51. The van der Waals surface area contributed by atoms with Crippen LogP contribution in [0, 0.1) is 10.1 Å². The first-order valence-electron chi connectivity index (χ1n) is 7.06. The first-order valence-corrected chi connectivity index (χ1v) is 7.06. The summed E-state index contributed by atoms with van der Waals surface area (Å²) in [5.41, 5.74) is 5.56. The number of rotatable bonds is 6. The van der Waals surface area contributed by atoms with Gasteiger partial charge in [0.2, 0.25) is 0 Å². The van der Waals surface area contributed by atoms with Crippen molar-refractivity contribution in [3.05, 3.63) is 58.1 Å². The number of hydrogen-bond acceptors (Lipinski definition) is 7. The van der Waals surface area contributed by atoms with Crippen LogP contribution < -0.4 is 15.8 Å². The van der Waals surface area contributed by atoms with Gasteiger partial charge in [0.05, 0.1) is 23.3 Å². The second-order valence-electron chi connectivity index (χ2n) is 4.85. The molecular formula is C16H15N3O6. The van der Waals surface area contributed by atoms with Crippen LogP contribution in [0.25, 0.3) is 0 Å². The van der Waals surface area contributed by atoms with Gasteiger partial charge in [-0.1, -0.05) is 12.1 Å². The summed E-state index contributed by atoms with van der Waals surface area (Å²) in [7, 11) is 1.45. The maximum absolute atomic E-state index is 12.0. The quantitative estimate of drug-likeness (QED) is 0.354. The number of nitrogen functional groups attached to an aromatic ring is 1. The number of nitrogens with zero attached hydrogens (tertiary/aromatic N) is 1. The van der Waals surface area contributed by atoms with Crippen molar-refractivity contribution in [2.75, 3.05) is 24.8 Å². The van der Waals surface area contributed by atoms with Crippen LogP contribution in [0.15, 0.2) is 42.5 Å². The topological polar surface area (TPSA) is 134 Å². The first-order chi connectivity index (χ1) is 11.9. The summed E-state index contributed by atoms with van der Waals surface area (Å²) in [5, 5.41) is 13.3. The molecule has 9 heteroatoms. The molecular weight excluding hydrogens is 330 g/mol. The number of carbonyl (C=O) groups excluding carboxylic acids is 2. The van der Waals surface area contributed by atoms with Gasteiger partial charge in [-0.25, -0.2) is 4.79 Å². The lowest BCUT2D eigenvalue weighted by Gasteiger charge is -2.10. The number of nitro benzene ring substituents is 1. The molecule has 0 aromatic heterocycles. The fourth-order valence-electron chi connectivity index (χ4n) is 1.98. The predicted molar refractivity (Wildman–Crippen MR) is 89.4 cm³/mol. The van der Waals surface area contributed by atoms with Gasteiger partial charge in [-0.15, -0.1) is 0 Å². The number of nitrogens with one attached hydrogen (secondary N) is 1. The Morgan fingerprint density at radius 2 is 1.96 bits per heavy atom. The van der Waals surface area contributed by atoms with Crippen molar-refractivity contribution in [1.29, 1.82) is 0 Å². The number of nitrogens with two attached hydrogens (primary N) is 1. The number of anilines is 2. The molecule has 2 aromatic rings. The van der Waals surface area contributed by atoms with E-state index in [-0.39, 0.29) is 16.9 Å². The van der Waals surface area contributed by atoms with Gasteiger partial charge in [0, 0.05) is 17.8 Å². The Hall–Kier alpha value is -3.62. The highest BCUT2D eigenvalue weighted by Gasteiger charge is 2.18. The zero-order chi connectivity index (χ0) is 18.4. The van der Waals surface area contributed by atoms with E-state index in [2.05, 4.69) is 5.32 Å². The van der Waals surface area contributed by atoms with E-state index in [1.165, 1.54) is 19.2 Å². The van der Waals surface area contributed by atoms with E-state index in [4.69, 9.17) is 15.2 Å². The van der Waals surface area contributed by atoms with E-state index < -0.39 is 23.4 Å². The van der Waals surface area contributed by atoms with Crippen molar-refractivity contribution in [2.45, 2.75) is 0 Å². The van der Waals surface area contributed by atoms with Crippen molar-refractivity contribution < 1.29 is 24.0 Å². The molecule has 2 aromatic carbocycles. The monoisotopic (exact) mass is 345 g/mol. The standard InChI is InChI=1S/C16H15N3O6/c1-24-14-5-3-2-4-13(14)18-15(20)9-25-16(21)11-8-10(19(22)23)6-7-12(11)17/h2-8H,9,17H2,1H3,(H,18,20). The summed E-state index contributed by atoms with van der Waals surface area (Å²) in [5.74, 6) is -1.08. The average molecular weight is 345 g/mol. The van der Waals surface area contributed by atoms with Gasteiger partial charge in [0.1, 0.15) is 5.75 Å². The van der Waals surface area contributed by atoms with Crippen molar-refractivity contribution >= 4 is 28.9 Å². The third kappa shape index (κ3) is 4.44. The Morgan fingerprint density at radius 3 is 2.64 bits per heavy atom. The predicted octanol–water partition coefficient (Wildman–Crippen LogP) is 1.98. The van der Waals surface area contributed by atoms with Crippen molar-refractivity contribution in [3.8, 4) is 5.75 Å². The third-order valence-electron chi connectivity index (χ3n) is 3.18. The molecule has 0 heterocycles. The van der Waals surface area contributed by atoms with E-state index in [1.54, 1.807) is 24.3 Å². The Morgan fingerprint density at radius 1 is 1.24 bits per heavy atom. The number of carbonyl (C=O) groups is 2. The summed E-state index contributed by atoms with van der Waals surface area (Å²) in [6.07, 6.45) is 0. The fourth-order valence-corrected chi connectivity index (χ4v) is 1.98. The Balaban J connectivity index is 2.01. The third-order valence-corrected chi connectivity index (χ3v) is 3.18. The van der Waals surface area contributed by atoms with Gasteiger partial charge in [-0.2, -0.15) is 0 Å². The highest BCUT2D eigenvalue weighted by molar-refractivity contribution is 5.99. The molecule has 0 bridgehead atoms. The molecule has 25 heavy (non-hydrogen) atoms. The van der Waals surface area contributed by atoms with Crippen LogP contribution >= 0.6 is 0 Å². The van der Waals surface area contributed by atoms with Gasteiger partial charge < -0.3 is 20.5 Å². The molecule has 0 atom stereocenters. The van der Waals surface area contributed by atoms with Crippen molar-refractivity contribution in [1.82, 2.24) is 0 Å². The number of para-hydroxylation sites is 2. The number of hydrogen-bond donors (Lipinski definition) is 2. The molecule has 0 unspecified atom stereocenters. The summed E-state index contributed by atoms with van der Waals surface area (Å²) in [6.45, 7) is -0.584. The minimum absolute atomic E-state index is 0.0146. The normalized spacial score (nSPS) is 9.96. The largest absolute Gasteiger partial charge is 0.495 e. The molecule has 0 saturated carbocycles. The van der Waals surface area contributed by atoms with Gasteiger partial charge in [0.25, 0.3) is 11.6 Å².